The zero-order chi connectivity index (χ0) is 23.2. The van der Waals surface area contributed by atoms with E-state index in [2.05, 4.69) is 15.6 Å². The number of carbonyl (C=O) groups excluding carboxylic acids is 2. The number of pyridine rings is 1. The first-order valence-electron chi connectivity index (χ1n) is 10.9. The number of rotatable bonds is 8. The number of fused-ring (bicyclic) bond motifs is 1. The van der Waals surface area contributed by atoms with Crippen LogP contribution in [-0.4, -0.2) is 27.7 Å². The van der Waals surface area contributed by atoms with Gasteiger partial charge in [-0.15, -0.1) is 0 Å². The van der Waals surface area contributed by atoms with Crippen LogP contribution in [0.15, 0.2) is 73.1 Å². The molecule has 0 bridgehead atoms. The molecule has 33 heavy (non-hydrogen) atoms. The summed E-state index contributed by atoms with van der Waals surface area (Å²) >= 11 is 0. The third kappa shape index (κ3) is 5.20. The Morgan fingerprint density at radius 3 is 2.70 bits per heavy atom. The Morgan fingerprint density at radius 1 is 1.03 bits per heavy atom. The van der Waals surface area contributed by atoms with Crippen molar-refractivity contribution in [3.05, 3.63) is 95.4 Å². The van der Waals surface area contributed by atoms with Crippen LogP contribution in [0.3, 0.4) is 0 Å². The molecule has 0 unspecified atom stereocenters. The van der Waals surface area contributed by atoms with Gasteiger partial charge in [0.2, 0.25) is 0 Å². The van der Waals surface area contributed by atoms with Gasteiger partial charge >= 0.3 is 0 Å². The molecular formula is C26H26N4O3. The molecule has 2 N–H and O–H groups in total. The number of amides is 2. The molecule has 4 aromatic rings. The van der Waals surface area contributed by atoms with Crippen molar-refractivity contribution in [3.8, 4) is 5.75 Å². The number of carbonyl (C=O) groups is 2. The molecule has 0 fully saturated rings. The minimum absolute atomic E-state index is 0.167. The van der Waals surface area contributed by atoms with Crippen molar-refractivity contribution in [1.82, 2.24) is 14.7 Å². The summed E-state index contributed by atoms with van der Waals surface area (Å²) in [5, 5.41) is 5.69. The number of imidazole rings is 1. The topological polar surface area (TPSA) is 84.7 Å². The van der Waals surface area contributed by atoms with E-state index in [-0.39, 0.29) is 18.4 Å². The minimum Gasteiger partial charge on any atom is -0.486 e. The number of ether oxygens (including phenoxy) is 1. The first kappa shape index (κ1) is 22.1. The van der Waals surface area contributed by atoms with E-state index in [0.717, 1.165) is 23.3 Å². The number of hydrogen-bond acceptors (Lipinski definition) is 4. The summed E-state index contributed by atoms with van der Waals surface area (Å²) in [5.74, 6) is -0.0254. The lowest BCUT2D eigenvalue weighted by Crippen LogP contribution is -2.24. The van der Waals surface area contributed by atoms with Gasteiger partial charge in [0.25, 0.3) is 11.8 Å². The Bertz CT molecular complexity index is 1300. The Balaban J connectivity index is 1.47. The van der Waals surface area contributed by atoms with Crippen molar-refractivity contribution in [2.45, 2.75) is 26.9 Å². The van der Waals surface area contributed by atoms with Gasteiger partial charge in [-0.05, 0) is 55.3 Å². The zero-order valence-electron chi connectivity index (χ0n) is 18.7. The quantitative estimate of drug-likeness (QED) is 0.417. The minimum atomic E-state index is -0.317. The Labute approximate surface area is 192 Å². The number of nitrogens with zero attached hydrogens (tertiary/aromatic N) is 2. The Kier molecular flexibility index (Phi) is 6.69. The molecule has 2 aromatic heterocycles. The normalized spacial score (nSPS) is 10.7. The van der Waals surface area contributed by atoms with E-state index in [4.69, 9.17) is 4.74 Å². The molecule has 0 radical (unpaired) electrons. The van der Waals surface area contributed by atoms with Crippen LogP contribution in [-0.2, 0) is 6.61 Å². The Hall–Kier alpha value is -4.13. The fraction of sp³-hybridized carbons (Fsp3) is 0.192. The van der Waals surface area contributed by atoms with Crippen molar-refractivity contribution < 1.29 is 14.3 Å². The summed E-state index contributed by atoms with van der Waals surface area (Å²) in [7, 11) is 0. The van der Waals surface area contributed by atoms with Crippen LogP contribution in [0.5, 0.6) is 5.75 Å². The molecule has 168 valence electrons. The average Bonchev–Trinajstić information content (AvgIpc) is 3.26. The van der Waals surface area contributed by atoms with Gasteiger partial charge in [0.15, 0.2) is 0 Å². The molecule has 0 spiro atoms. The van der Waals surface area contributed by atoms with Gasteiger partial charge in [-0.3, -0.25) is 9.59 Å². The SMILES string of the molecule is CCCNC(=O)c1cccc(NC(=O)c2ccccc2OCc2cn3cccc(C)c3n2)c1. The maximum Gasteiger partial charge on any atom is 0.259 e. The summed E-state index contributed by atoms with van der Waals surface area (Å²) in [4.78, 5) is 29.8. The number of hydrogen-bond donors (Lipinski definition) is 2. The van der Waals surface area contributed by atoms with E-state index in [0.29, 0.717) is 29.1 Å². The first-order valence-corrected chi connectivity index (χ1v) is 10.9. The molecule has 0 aliphatic rings. The Morgan fingerprint density at radius 2 is 1.88 bits per heavy atom. The molecule has 0 saturated heterocycles. The number of para-hydroxylation sites is 1. The molecule has 7 heteroatoms. The fourth-order valence-electron chi connectivity index (χ4n) is 3.48. The third-order valence-corrected chi connectivity index (χ3v) is 5.15. The van der Waals surface area contributed by atoms with Crippen molar-refractivity contribution in [3.63, 3.8) is 0 Å². The van der Waals surface area contributed by atoms with Gasteiger partial charge in [-0.25, -0.2) is 4.98 Å². The molecule has 2 aromatic carbocycles. The van der Waals surface area contributed by atoms with Crippen molar-refractivity contribution in [2.24, 2.45) is 0 Å². The average molecular weight is 443 g/mol. The van der Waals surface area contributed by atoms with E-state index >= 15 is 0 Å². The molecule has 4 rings (SSSR count). The third-order valence-electron chi connectivity index (χ3n) is 5.15. The molecule has 7 nitrogen and oxygen atoms in total. The number of nitrogens with one attached hydrogen (secondary N) is 2. The summed E-state index contributed by atoms with van der Waals surface area (Å²) in [6.07, 6.45) is 4.71. The van der Waals surface area contributed by atoms with Crippen LogP contribution < -0.4 is 15.4 Å². The lowest BCUT2D eigenvalue weighted by molar-refractivity contribution is 0.0952. The lowest BCUT2D eigenvalue weighted by atomic mass is 10.1. The highest BCUT2D eigenvalue weighted by Crippen LogP contribution is 2.22. The zero-order valence-corrected chi connectivity index (χ0v) is 18.7. The number of aromatic nitrogens is 2. The van der Waals surface area contributed by atoms with E-state index in [1.165, 1.54) is 0 Å². The predicted molar refractivity (Wildman–Crippen MR) is 128 cm³/mol. The highest BCUT2D eigenvalue weighted by molar-refractivity contribution is 6.06. The van der Waals surface area contributed by atoms with Crippen LogP contribution in [0, 0.1) is 6.92 Å². The first-order chi connectivity index (χ1) is 16.0. The van der Waals surface area contributed by atoms with Crippen LogP contribution in [0.2, 0.25) is 0 Å². The van der Waals surface area contributed by atoms with Gasteiger partial charge in [-0.2, -0.15) is 0 Å². The van der Waals surface area contributed by atoms with Gasteiger partial charge in [0.1, 0.15) is 18.0 Å². The van der Waals surface area contributed by atoms with E-state index in [1.807, 2.05) is 48.8 Å². The van der Waals surface area contributed by atoms with E-state index < -0.39 is 0 Å². The van der Waals surface area contributed by atoms with E-state index in [9.17, 15) is 9.59 Å². The van der Waals surface area contributed by atoms with Crippen molar-refractivity contribution in [1.29, 1.82) is 0 Å². The fourth-order valence-corrected chi connectivity index (χ4v) is 3.48. The maximum atomic E-state index is 13.0. The van der Waals surface area contributed by atoms with Crippen LogP contribution in [0.1, 0.15) is 45.3 Å². The maximum absolute atomic E-state index is 13.0. The molecule has 2 heterocycles. The van der Waals surface area contributed by atoms with Gasteiger partial charge in [-0.1, -0.05) is 31.2 Å². The summed E-state index contributed by atoms with van der Waals surface area (Å²) in [6.45, 7) is 4.84. The number of anilines is 1. The molecule has 0 aliphatic heterocycles. The molecule has 2 amide bonds. The molecular weight excluding hydrogens is 416 g/mol. The monoisotopic (exact) mass is 442 g/mol. The summed E-state index contributed by atoms with van der Waals surface area (Å²) in [6, 6.07) is 17.9. The lowest BCUT2D eigenvalue weighted by Gasteiger charge is -2.12. The molecule has 0 saturated carbocycles. The van der Waals surface area contributed by atoms with Crippen LogP contribution >= 0.6 is 0 Å². The second kappa shape index (κ2) is 9.99. The standard InChI is InChI=1S/C26H26N4O3/c1-3-13-27-25(31)19-9-6-10-20(15-19)29-26(32)22-11-4-5-12-23(22)33-17-21-16-30-14-7-8-18(2)24(30)28-21/h4-12,14-16H,3,13,17H2,1-2H3,(H,27,31)(H,29,32). The molecule has 0 atom stereocenters. The predicted octanol–water partition coefficient (Wildman–Crippen LogP) is 4.61. The number of benzene rings is 2. The number of aryl methyl sites for hydroxylation is 1. The smallest absolute Gasteiger partial charge is 0.259 e. The van der Waals surface area contributed by atoms with Gasteiger partial charge in [0.05, 0.1) is 11.3 Å². The molecule has 0 aliphatic carbocycles. The van der Waals surface area contributed by atoms with Gasteiger partial charge in [0, 0.05) is 30.2 Å². The van der Waals surface area contributed by atoms with Gasteiger partial charge < -0.3 is 19.8 Å². The second-order valence-electron chi connectivity index (χ2n) is 7.73. The highest BCUT2D eigenvalue weighted by Gasteiger charge is 2.14. The van der Waals surface area contributed by atoms with Crippen molar-refractivity contribution >= 4 is 23.1 Å². The summed E-state index contributed by atoms with van der Waals surface area (Å²) in [5.41, 5.74) is 4.16. The van der Waals surface area contributed by atoms with Crippen LogP contribution in [0.4, 0.5) is 5.69 Å². The largest absolute Gasteiger partial charge is 0.486 e. The summed E-state index contributed by atoms with van der Waals surface area (Å²) < 4.78 is 7.91. The van der Waals surface area contributed by atoms with Crippen LogP contribution in [0.25, 0.3) is 5.65 Å². The van der Waals surface area contributed by atoms with E-state index in [1.54, 1.807) is 42.5 Å². The van der Waals surface area contributed by atoms with Crippen molar-refractivity contribution in [2.75, 3.05) is 11.9 Å². The second-order valence-corrected chi connectivity index (χ2v) is 7.73. The highest BCUT2D eigenvalue weighted by atomic mass is 16.5.